The van der Waals surface area contributed by atoms with Crippen LogP contribution in [0.3, 0.4) is 0 Å². The van der Waals surface area contributed by atoms with Crippen LogP contribution in [0.1, 0.15) is 0 Å². The lowest BCUT2D eigenvalue weighted by molar-refractivity contribution is 0.653. The van der Waals surface area contributed by atoms with E-state index in [4.69, 9.17) is 10.7 Å². The van der Waals surface area contributed by atoms with E-state index in [-0.39, 0.29) is 0 Å². The van der Waals surface area contributed by atoms with Gasteiger partial charge in [-0.1, -0.05) is 35.6 Å². The number of rotatable bonds is 2. The summed E-state index contributed by atoms with van der Waals surface area (Å²) in [6.45, 7) is 3.91. The van der Waals surface area contributed by atoms with E-state index in [1.807, 2.05) is 24.3 Å². The number of nitrogen functional groups attached to an aromatic ring is 1. The number of thiazole rings is 1. The highest BCUT2D eigenvalue weighted by Crippen LogP contribution is 2.30. The molecule has 112 valence electrons. The average molecular weight is 310 g/mol. The molecule has 2 N–H and O–H groups in total. The van der Waals surface area contributed by atoms with Crippen LogP contribution < -0.4 is 15.5 Å². The first kappa shape index (κ1) is 13.4. The van der Waals surface area contributed by atoms with Gasteiger partial charge in [-0.2, -0.15) is 0 Å². The predicted molar refractivity (Wildman–Crippen MR) is 94.9 cm³/mol. The van der Waals surface area contributed by atoms with Crippen molar-refractivity contribution in [1.82, 2.24) is 4.98 Å². The van der Waals surface area contributed by atoms with Crippen LogP contribution in [0.4, 0.5) is 16.5 Å². The number of nitrogens with zero attached hydrogens (tertiary/aromatic N) is 3. The molecule has 0 bridgehead atoms. The zero-order valence-corrected chi connectivity index (χ0v) is 13.1. The van der Waals surface area contributed by atoms with E-state index in [9.17, 15) is 0 Å². The zero-order chi connectivity index (χ0) is 14.9. The molecule has 4 nitrogen and oxygen atoms in total. The third-order valence-electron chi connectivity index (χ3n) is 4.11. The van der Waals surface area contributed by atoms with Gasteiger partial charge in [0.15, 0.2) is 5.13 Å². The van der Waals surface area contributed by atoms with E-state index in [0.29, 0.717) is 0 Å². The Bertz CT molecular complexity index is 757. The molecule has 2 heterocycles. The van der Waals surface area contributed by atoms with Crippen molar-refractivity contribution in [2.75, 3.05) is 41.7 Å². The van der Waals surface area contributed by atoms with Crippen LogP contribution in [-0.2, 0) is 0 Å². The predicted octanol–water partition coefficient (Wildman–Crippen LogP) is 3.21. The van der Waals surface area contributed by atoms with Crippen LogP contribution in [0.2, 0.25) is 0 Å². The maximum Gasteiger partial charge on any atom is 0.186 e. The summed E-state index contributed by atoms with van der Waals surface area (Å²) in [7, 11) is 0. The number of aromatic nitrogens is 1. The van der Waals surface area contributed by atoms with Crippen LogP contribution in [0.5, 0.6) is 0 Å². The van der Waals surface area contributed by atoms with Crippen LogP contribution in [0, 0.1) is 0 Å². The van der Waals surface area contributed by atoms with Crippen molar-refractivity contribution in [1.29, 1.82) is 0 Å². The van der Waals surface area contributed by atoms with Crippen LogP contribution in [0.25, 0.3) is 10.2 Å². The second kappa shape index (κ2) is 5.50. The van der Waals surface area contributed by atoms with Gasteiger partial charge in [0.05, 0.1) is 21.6 Å². The molecule has 0 amide bonds. The quantitative estimate of drug-likeness (QED) is 0.738. The second-order valence-corrected chi connectivity index (χ2v) is 6.51. The molecule has 0 aliphatic carbocycles. The highest BCUT2D eigenvalue weighted by Gasteiger charge is 2.20. The van der Waals surface area contributed by atoms with Gasteiger partial charge in [0, 0.05) is 26.2 Å². The van der Waals surface area contributed by atoms with E-state index in [0.717, 1.165) is 48.2 Å². The highest BCUT2D eigenvalue weighted by atomic mass is 32.1. The number of hydrogen-bond donors (Lipinski definition) is 1. The first-order valence-electron chi connectivity index (χ1n) is 7.51. The van der Waals surface area contributed by atoms with Gasteiger partial charge in [0.25, 0.3) is 0 Å². The van der Waals surface area contributed by atoms with Crippen molar-refractivity contribution in [3.05, 3.63) is 48.5 Å². The van der Waals surface area contributed by atoms with Crippen LogP contribution >= 0.6 is 11.3 Å². The molecule has 0 atom stereocenters. The van der Waals surface area contributed by atoms with Crippen molar-refractivity contribution in [3.8, 4) is 0 Å². The zero-order valence-electron chi connectivity index (χ0n) is 12.3. The minimum atomic E-state index is 0.857. The van der Waals surface area contributed by atoms with Crippen LogP contribution in [-0.4, -0.2) is 31.2 Å². The number of fused-ring (bicyclic) bond motifs is 1. The minimum Gasteiger partial charge on any atom is -0.397 e. The van der Waals surface area contributed by atoms with Gasteiger partial charge in [-0.25, -0.2) is 4.98 Å². The van der Waals surface area contributed by atoms with Gasteiger partial charge in [-0.05, 0) is 24.3 Å². The van der Waals surface area contributed by atoms with Gasteiger partial charge < -0.3 is 15.5 Å². The fourth-order valence-corrected chi connectivity index (χ4v) is 3.93. The third kappa shape index (κ3) is 2.37. The maximum absolute atomic E-state index is 6.08. The monoisotopic (exact) mass is 310 g/mol. The van der Waals surface area contributed by atoms with Gasteiger partial charge in [-0.15, -0.1) is 0 Å². The molecule has 3 aromatic rings. The number of para-hydroxylation sites is 3. The SMILES string of the molecule is Nc1ccccc1N1CCN(c2nc3ccccc3s2)CC1. The molecule has 0 radical (unpaired) electrons. The molecule has 1 aromatic heterocycles. The smallest absolute Gasteiger partial charge is 0.186 e. The van der Waals surface area contributed by atoms with Gasteiger partial charge >= 0.3 is 0 Å². The number of hydrogen-bond acceptors (Lipinski definition) is 5. The summed E-state index contributed by atoms with van der Waals surface area (Å²) in [6.07, 6.45) is 0. The Hall–Kier alpha value is -2.27. The summed E-state index contributed by atoms with van der Waals surface area (Å²) >= 11 is 1.78. The fourth-order valence-electron chi connectivity index (χ4n) is 2.91. The van der Waals surface area contributed by atoms with Crippen LogP contribution in [0.15, 0.2) is 48.5 Å². The molecule has 4 rings (SSSR count). The Morgan fingerprint density at radius 3 is 2.32 bits per heavy atom. The lowest BCUT2D eigenvalue weighted by Gasteiger charge is -2.36. The minimum absolute atomic E-state index is 0.857. The van der Waals surface area contributed by atoms with Gasteiger partial charge in [0.1, 0.15) is 0 Å². The largest absolute Gasteiger partial charge is 0.397 e. The summed E-state index contributed by atoms with van der Waals surface area (Å²) in [5, 5.41) is 1.13. The van der Waals surface area contributed by atoms with Gasteiger partial charge in [0.2, 0.25) is 0 Å². The number of anilines is 3. The lowest BCUT2D eigenvalue weighted by Crippen LogP contribution is -2.46. The van der Waals surface area contributed by atoms with E-state index in [2.05, 4.69) is 34.1 Å². The third-order valence-corrected chi connectivity index (χ3v) is 5.21. The Morgan fingerprint density at radius 1 is 0.864 bits per heavy atom. The van der Waals surface area contributed by atoms with Gasteiger partial charge in [-0.3, -0.25) is 0 Å². The van der Waals surface area contributed by atoms with E-state index >= 15 is 0 Å². The summed E-state index contributed by atoms with van der Waals surface area (Å²) < 4.78 is 1.26. The van der Waals surface area contributed by atoms with E-state index in [1.165, 1.54) is 4.70 Å². The summed E-state index contributed by atoms with van der Waals surface area (Å²) in [5.74, 6) is 0. The number of piperazine rings is 1. The first-order valence-corrected chi connectivity index (χ1v) is 8.33. The topological polar surface area (TPSA) is 45.4 Å². The standard InChI is InChI=1S/C17H18N4S/c18-13-5-1-3-7-15(13)20-9-11-21(12-10-20)17-19-14-6-2-4-8-16(14)22-17/h1-8H,9-12,18H2. The normalized spacial score (nSPS) is 15.5. The Morgan fingerprint density at radius 2 is 1.55 bits per heavy atom. The molecule has 5 heteroatoms. The Kier molecular flexibility index (Phi) is 3.35. The van der Waals surface area contributed by atoms with E-state index in [1.54, 1.807) is 11.3 Å². The summed E-state index contributed by atoms with van der Waals surface area (Å²) in [6, 6.07) is 16.4. The molecule has 0 unspecified atom stereocenters. The first-order chi connectivity index (χ1) is 10.8. The van der Waals surface area contributed by atoms with Crippen molar-refractivity contribution < 1.29 is 0 Å². The van der Waals surface area contributed by atoms with Crippen molar-refractivity contribution in [3.63, 3.8) is 0 Å². The molecular weight excluding hydrogens is 292 g/mol. The van der Waals surface area contributed by atoms with E-state index < -0.39 is 0 Å². The molecule has 1 saturated heterocycles. The second-order valence-electron chi connectivity index (χ2n) is 5.50. The molecule has 22 heavy (non-hydrogen) atoms. The molecule has 0 saturated carbocycles. The summed E-state index contributed by atoms with van der Waals surface area (Å²) in [5.41, 5.74) is 9.18. The number of nitrogens with two attached hydrogens (primary N) is 1. The molecule has 1 fully saturated rings. The maximum atomic E-state index is 6.08. The van der Waals surface area contributed by atoms with Crippen molar-refractivity contribution >= 4 is 38.1 Å². The highest BCUT2D eigenvalue weighted by molar-refractivity contribution is 7.22. The number of benzene rings is 2. The molecular formula is C17H18N4S. The average Bonchev–Trinajstić information content (AvgIpc) is 2.99. The van der Waals surface area contributed by atoms with Crippen molar-refractivity contribution in [2.24, 2.45) is 0 Å². The Labute approximate surface area is 133 Å². The Balaban J connectivity index is 1.51. The molecule has 0 spiro atoms. The summed E-state index contributed by atoms with van der Waals surface area (Å²) in [4.78, 5) is 9.49. The fraction of sp³-hybridized carbons (Fsp3) is 0.235. The molecule has 1 aliphatic rings. The van der Waals surface area contributed by atoms with Crippen molar-refractivity contribution in [2.45, 2.75) is 0 Å². The molecule has 2 aromatic carbocycles. The molecule has 1 aliphatic heterocycles. The lowest BCUT2D eigenvalue weighted by atomic mass is 10.2.